The van der Waals surface area contributed by atoms with Crippen LogP contribution in [0.5, 0.6) is 11.5 Å². The van der Waals surface area contributed by atoms with Gasteiger partial charge in [-0.1, -0.05) is 6.07 Å². The van der Waals surface area contributed by atoms with Crippen LogP contribution in [0.25, 0.3) is 0 Å². The summed E-state index contributed by atoms with van der Waals surface area (Å²) in [5.74, 6) is -1.30. The summed E-state index contributed by atoms with van der Waals surface area (Å²) in [5.41, 5.74) is 2.16. The quantitative estimate of drug-likeness (QED) is 0.353. The van der Waals surface area contributed by atoms with Crippen LogP contribution in [-0.4, -0.2) is 27.9 Å². The number of hydrogen-bond donors (Lipinski definition) is 3. The molecule has 2 aromatic carbocycles. The molecule has 3 aromatic rings. The molecule has 3 N–H and O–H groups in total. The third-order valence-corrected chi connectivity index (χ3v) is 5.59. The minimum atomic E-state index is -1.09. The second-order valence-electron chi connectivity index (χ2n) is 7.60. The molecule has 9 nitrogen and oxygen atoms in total. The molecular weight excluding hydrogens is 516 g/mol. The molecule has 0 radical (unpaired) electrons. The number of nitrogens with one attached hydrogen (secondary N) is 2. The van der Waals surface area contributed by atoms with E-state index in [2.05, 4.69) is 31.5 Å². The van der Waals surface area contributed by atoms with Crippen LogP contribution < -0.4 is 15.4 Å². The van der Waals surface area contributed by atoms with Crippen LogP contribution in [0.3, 0.4) is 0 Å². The lowest BCUT2D eigenvalue weighted by atomic mass is 10.1. The molecule has 1 unspecified atom stereocenters. The van der Waals surface area contributed by atoms with E-state index in [0.29, 0.717) is 27.2 Å². The number of benzene rings is 2. The molecule has 35 heavy (non-hydrogen) atoms. The van der Waals surface area contributed by atoms with Crippen molar-refractivity contribution in [1.82, 2.24) is 10.3 Å². The van der Waals surface area contributed by atoms with Gasteiger partial charge < -0.3 is 20.5 Å². The van der Waals surface area contributed by atoms with Crippen molar-refractivity contribution >= 4 is 39.4 Å². The molecule has 0 fully saturated rings. The molecule has 0 saturated heterocycles. The van der Waals surface area contributed by atoms with Crippen LogP contribution in [0, 0.1) is 18.3 Å². The van der Waals surface area contributed by atoms with Crippen molar-refractivity contribution in [3.63, 3.8) is 0 Å². The zero-order valence-electron chi connectivity index (χ0n) is 18.8. The molecule has 1 aromatic heterocycles. The fourth-order valence-electron chi connectivity index (χ4n) is 3.14. The molecule has 10 heteroatoms. The van der Waals surface area contributed by atoms with Crippen LogP contribution in [0.15, 0.2) is 59.2 Å². The summed E-state index contributed by atoms with van der Waals surface area (Å²) in [4.78, 5) is 39.8. The Morgan fingerprint density at radius 1 is 1.14 bits per heavy atom. The van der Waals surface area contributed by atoms with Crippen LogP contribution in [0.4, 0.5) is 5.69 Å². The number of rotatable bonds is 8. The van der Waals surface area contributed by atoms with E-state index in [-0.39, 0.29) is 17.7 Å². The standard InChI is InChI=1S/C25H21BrN4O5/c1-14(29-23(31)11-24(32)30-18-6-3-16(12-27)4-7-18)17-5-8-22(21(26)9-17)35-19-10-20(25(33)34)15(2)28-13-19/h3-10,13-14H,11H2,1-2H3,(H,29,31)(H,30,32)(H,33,34). The van der Waals surface area contributed by atoms with Crippen molar-refractivity contribution in [2.75, 3.05) is 5.32 Å². The third kappa shape index (κ3) is 6.88. The lowest BCUT2D eigenvalue weighted by Gasteiger charge is -2.16. The van der Waals surface area contributed by atoms with Crippen LogP contribution in [0.2, 0.25) is 0 Å². The highest BCUT2D eigenvalue weighted by molar-refractivity contribution is 9.10. The van der Waals surface area contributed by atoms with Gasteiger partial charge in [0.1, 0.15) is 17.9 Å². The number of aromatic carboxylic acids is 1. The highest BCUT2D eigenvalue weighted by Crippen LogP contribution is 2.32. The van der Waals surface area contributed by atoms with Gasteiger partial charge in [0.2, 0.25) is 11.8 Å². The van der Waals surface area contributed by atoms with E-state index in [1.807, 2.05) is 6.07 Å². The maximum Gasteiger partial charge on any atom is 0.337 e. The van der Waals surface area contributed by atoms with Crippen molar-refractivity contribution in [3.8, 4) is 17.6 Å². The first-order valence-electron chi connectivity index (χ1n) is 10.4. The number of nitrogens with zero attached hydrogens (tertiary/aromatic N) is 2. The minimum absolute atomic E-state index is 0.0507. The lowest BCUT2D eigenvalue weighted by Crippen LogP contribution is -2.30. The molecular formula is C25H21BrN4O5. The van der Waals surface area contributed by atoms with Crippen molar-refractivity contribution in [2.45, 2.75) is 26.3 Å². The van der Waals surface area contributed by atoms with E-state index in [1.165, 1.54) is 12.3 Å². The van der Waals surface area contributed by atoms with Crippen molar-refractivity contribution in [1.29, 1.82) is 5.26 Å². The number of nitriles is 1. The summed E-state index contributed by atoms with van der Waals surface area (Å²) >= 11 is 3.43. The average Bonchev–Trinajstić information content (AvgIpc) is 2.81. The summed E-state index contributed by atoms with van der Waals surface area (Å²) in [6.07, 6.45) is 1.08. The number of carbonyl (C=O) groups is 3. The highest BCUT2D eigenvalue weighted by atomic mass is 79.9. The first kappa shape index (κ1) is 25.4. The smallest absolute Gasteiger partial charge is 0.337 e. The van der Waals surface area contributed by atoms with Gasteiger partial charge in [-0.15, -0.1) is 0 Å². The highest BCUT2D eigenvalue weighted by Gasteiger charge is 2.16. The van der Waals surface area contributed by atoms with Crippen LogP contribution >= 0.6 is 15.9 Å². The first-order valence-corrected chi connectivity index (χ1v) is 11.2. The Bertz CT molecular complexity index is 1320. The number of carboxylic acids is 1. The Balaban J connectivity index is 1.59. The maximum atomic E-state index is 12.3. The number of pyridine rings is 1. The molecule has 2 amide bonds. The predicted molar refractivity (Wildman–Crippen MR) is 131 cm³/mol. The number of carbonyl (C=O) groups excluding carboxylic acids is 2. The molecule has 0 aliphatic carbocycles. The molecule has 0 bridgehead atoms. The monoisotopic (exact) mass is 536 g/mol. The van der Waals surface area contributed by atoms with Gasteiger partial charge in [0, 0.05) is 5.69 Å². The minimum Gasteiger partial charge on any atom is -0.478 e. The number of ether oxygens (including phenoxy) is 1. The van der Waals surface area contributed by atoms with Crippen molar-refractivity contribution in [2.24, 2.45) is 0 Å². The zero-order valence-corrected chi connectivity index (χ0v) is 20.4. The fraction of sp³-hybridized carbons (Fsp3) is 0.160. The number of halogens is 1. The van der Waals surface area contributed by atoms with Gasteiger partial charge in [-0.25, -0.2) is 4.79 Å². The third-order valence-electron chi connectivity index (χ3n) is 4.97. The largest absolute Gasteiger partial charge is 0.478 e. The van der Waals surface area contributed by atoms with Gasteiger partial charge in [-0.05, 0) is 77.8 Å². The Morgan fingerprint density at radius 3 is 2.49 bits per heavy atom. The molecule has 0 aliphatic rings. The van der Waals surface area contributed by atoms with E-state index >= 15 is 0 Å². The van der Waals surface area contributed by atoms with Gasteiger partial charge in [0.05, 0.1) is 39.6 Å². The van der Waals surface area contributed by atoms with Gasteiger partial charge in [0.25, 0.3) is 0 Å². The second-order valence-corrected chi connectivity index (χ2v) is 8.46. The van der Waals surface area contributed by atoms with Crippen LogP contribution in [-0.2, 0) is 9.59 Å². The van der Waals surface area contributed by atoms with Crippen molar-refractivity contribution in [3.05, 3.63) is 81.6 Å². The summed E-state index contributed by atoms with van der Waals surface area (Å²) < 4.78 is 6.35. The molecule has 0 spiro atoms. The van der Waals surface area contributed by atoms with E-state index < -0.39 is 23.8 Å². The number of amides is 2. The summed E-state index contributed by atoms with van der Waals surface area (Å²) in [6, 6.07) is 14.5. The number of anilines is 1. The second kappa shape index (κ2) is 11.3. The molecule has 178 valence electrons. The SMILES string of the molecule is Cc1ncc(Oc2ccc(C(C)NC(=O)CC(=O)Nc3ccc(C#N)cc3)cc2Br)cc1C(=O)O. The van der Waals surface area contributed by atoms with Gasteiger partial charge in [-0.2, -0.15) is 5.26 Å². The number of hydrogen-bond acceptors (Lipinski definition) is 6. The van der Waals surface area contributed by atoms with Gasteiger partial charge in [-0.3, -0.25) is 14.6 Å². The van der Waals surface area contributed by atoms with Crippen LogP contribution in [0.1, 0.15) is 46.6 Å². The number of aryl methyl sites for hydroxylation is 1. The molecule has 3 rings (SSSR count). The zero-order chi connectivity index (χ0) is 25.5. The Labute approximate surface area is 209 Å². The molecule has 1 heterocycles. The Morgan fingerprint density at radius 2 is 1.86 bits per heavy atom. The maximum absolute atomic E-state index is 12.3. The normalized spacial score (nSPS) is 11.1. The first-order chi connectivity index (χ1) is 16.7. The van der Waals surface area contributed by atoms with E-state index in [4.69, 9.17) is 10.00 Å². The van der Waals surface area contributed by atoms with Gasteiger partial charge in [0.15, 0.2) is 0 Å². The van der Waals surface area contributed by atoms with Gasteiger partial charge >= 0.3 is 5.97 Å². The summed E-state index contributed by atoms with van der Waals surface area (Å²) in [5, 5.41) is 23.5. The van der Waals surface area contributed by atoms with E-state index in [0.717, 1.165) is 5.56 Å². The predicted octanol–water partition coefficient (Wildman–Crippen LogP) is 4.72. The number of aromatic nitrogens is 1. The van der Waals surface area contributed by atoms with Crippen molar-refractivity contribution < 1.29 is 24.2 Å². The fourth-order valence-corrected chi connectivity index (χ4v) is 3.61. The molecule has 0 saturated carbocycles. The molecule has 1 atom stereocenters. The topological polar surface area (TPSA) is 141 Å². The molecule has 0 aliphatic heterocycles. The summed E-state index contributed by atoms with van der Waals surface area (Å²) in [7, 11) is 0. The summed E-state index contributed by atoms with van der Waals surface area (Å²) in [6.45, 7) is 3.38. The Hall–Kier alpha value is -4.23. The Kier molecular flexibility index (Phi) is 8.17. The van der Waals surface area contributed by atoms with E-state index in [1.54, 1.807) is 56.3 Å². The lowest BCUT2D eigenvalue weighted by molar-refractivity contribution is -0.127. The van der Waals surface area contributed by atoms with E-state index in [9.17, 15) is 19.5 Å². The average molecular weight is 537 g/mol. The number of carboxylic acid groups (broad SMARTS) is 1.